The number of hydrogen-bond acceptors (Lipinski definition) is 6. The van der Waals surface area contributed by atoms with Crippen LogP contribution in [0.3, 0.4) is 0 Å². The maximum atomic E-state index is 10.7. The van der Waals surface area contributed by atoms with E-state index in [4.69, 9.17) is 20.9 Å². The molecule has 1 fully saturated rings. The Morgan fingerprint density at radius 3 is 2.71 bits per heavy atom. The zero-order chi connectivity index (χ0) is 21.8. The minimum Gasteiger partial charge on any atom is -0.492 e. The highest BCUT2D eigenvalue weighted by Gasteiger charge is 2.25. The number of halogens is 1. The third-order valence-corrected chi connectivity index (χ3v) is 5.70. The van der Waals surface area contributed by atoms with Crippen LogP contribution in [0.5, 0.6) is 5.75 Å². The van der Waals surface area contributed by atoms with E-state index in [2.05, 4.69) is 41.4 Å². The Balaban J connectivity index is 1.45. The van der Waals surface area contributed by atoms with Gasteiger partial charge in [-0.05, 0) is 48.6 Å². The maximum absolute atomic E-state index is 10.7. The summed E-state index contributed by atoms with van der Waals surface area (Å²) < 4.78 is 11.2. The van der Waals surface area contributed by atoms with Crippen LogP contribution in [0.4, 0.5) is 0 Å². The summed E-state index contributed by atoms with van der Waals surface area (Å²) in [6.45, 7) is 5.66. The van der Waals surface area contributed by atoms with Crippen LogP contribution in [0.25, 0.3) is 22.8 Å². The lowest BCUT2D eigenvalue weighted by atomic mass is 9.97. The van der Waals surface area contributed by atoms with Crippen LogP contribution in [0.1, 0.15) is 38.3 Å². The molecule has 0 spiro atoms. The summed E-state index contributed by atoms with van der Waals surface area (Å²) in [4.78, 5) is 15.3. The van der Waals surface area contributed by atoms with Gasteiger partial charge >= 0.3 is 0 Å². The Hall–Kier alpha value is -2.70. The number of rotatable bonds is 8. The zero-order valence-electron chi connectivity index (χ0n) is 17.7. The van der Waals surface area contributed by atoms with Crippen molar-refractivity contribution in [2.75, 3.05) is 13.2 Å². The smallest absolute Gasteiger partial charge is 0.258 e. The molecular weight excluding hydrogens is 414 g/mol. The van der Waals surface area contributed by atoms with Gasteiger partial charge in [0.1, 0.15) is 12.0 Å². The van der Waals surface area contributed by atoms with Crippen LogP contribution in [0.2, 0.25) is 5.02 Å². The predicted octanol–water partition coefficient (Wildman–Crippen LogP) is 5.33. The van der Waals surface area contributed by atoms with Crippen molar-refractivity contribution in [2.45, 2.75) is 32.7 Å². The van der Waals surface area contributed by atoms with Gasteiger partial charge in [-0.1, -0.05) is 54.9 Å². The lowest BCUT2D eigenvalue weighted by molar-refractivity contribution is -0.108. The number of hydrogen-bond donors (Lipinski definition) is 1. The Kier molecular flexibility index (Phi) is 6.68. The fraction of sp³-hybridized carbons (Fsp3) is 0.375. The lowest BCUT2D eigenvalue weighted by Gasteiger charge is -2.11. The van der Waals surface area contributed by atoms with E-state index in [0.717, 1.165) is 30.4 Å². The highest BCUT2D eigenvalue weighted by molar-refractivity contribution is 6.32. The number of nitrogens with zero attached hydrogens (tertiary/aromatic N) is 2. The topological polar surface area (TPSA) is 77.2 Å². The Morgan fingerprint density at radius 2 is 2.00 bits per heavy atom. The van der Waals surface area contributed by atoms with E-state index in [-0.39, 0.29) is 6.04 Å². The molecule has 31 heavy (non-hydrogen) atoms. The summed E-state index contributed by atoms with van der Waals surface area (Å²) in [7, 11) is 0. The number of carbonyl (C=O) groups is 1. The molecule has 0 bridgehead atoms. The first-order chi connectivity index (χ1) is 15.0. The van der Waals surface area contributed by atoms with Crippen molar-refractivity contribution in [2.24, 2.45) is 11.8 Å². The summed E-state index contributed by atoms with van der Waals surface area (Å²) in [5.41, 5.74) is 2.82. The molecule has 2 atom stereocenters. The second-order valence-electron chi connectivity index (χ2n) is 8.36. The molecule has 6 nitrogen and oxygen atoms in total. The van der Waals surface area contributed by atoms with E-state index in [9.17, 15) is 4.79 Å². The largest absolute Gasteiger partial charge is 0.492 e. The molecule has 7 heteroatoms. The van der Waals surface area contributed by atoms with Gasteiger partial charge in [0.25, 0.3) is 5.89 Å². The molecule has 1 saturated heterocycles. The van der Waals surface area contributed by atoms with E-state index in [1.807, 2.05) is 24.3 Å². The fourth-order valence-corrected chi connectivity index (χ4v) is 3.94. The molecule has 1 N–H and O–H groups in total. The van der Waals surface area contributed by atoms with Gasteiger partial charge in [-0.15, -0.1) is 0 Å². The Bertz CT molecular complexity index is 1030. The highest BCUT2D eigenvalue weighted by atomic mass is 35.5. The summed E-state index contributed by atoms with van der Waals surface area (Å²) in [5.74, 6) is 2.41. The van der Waals surface area contributed by atoms with E-state index in [0.29, 0.717) is 47.4 Å². The Labute approximate surface area is 187 Å². The standard InChI is InChI=1S/C24H26ClN3O3/c1-15(2)14-30-22-8-7-19(12-20(22)25)24-27-23(28-31-24)18-5-3-17(4-6-18)21-11-16(9-10-29)13-26-21/h3-8,10,12,15-16,21,26H,9,11,13-14H2,1-2H3. The fourth-order valence-electron chi connectivity index (χ4n) is 3.71. The predicted molar refractivity (Wildman–Crippen MR) is 120 cm³/mol. The molecule has 0 amide bonds. The summed E-state index contributed by atoms with van der Waals surface area (Å²) in [6.07, 6.45) is 2.59. The van der Waals surface area contributed by atoms with E-state index < -0.39 is 0 Å². The van der Waals surface area contributed by atoms with Crippen molar-refractivity contribution in [1.29, 1.82) is 0 Å². The lowest BCUT2D eigenvalue weighted by Crippen LogP contribution is -2.13. The maximum Gasteiger partial charge on any atom is 0.258 e. The SMILES string of the molecule is CC(C)COc1ccc(-c2nc(-c3ccc(C4CC(CC=O)CN4)cc3)no2)cc1Cl. The van der Waals surface area contributed by atoms with Gasteiger partial charge in [-0.3, -0.25) is 0 Å². The van der Waals surface area contributed by atoms with Gasteiger partial charge in [0.2, 0.25) is 5.82 Å². The third-order valence-electron chi connectivity index (χ3n) is 5.40. The van der Waals surface area contributed by atoms with Crippen LogP contribution in [-0.4, -0.2) is 29.6 Å². The zero-order valence-corrected chi connectivity index (χ0v) is 18.4. The average Bonchev–Trinajstić information content (AvgIpc) is 3.43. The second kappa shape index (κ2) is 9.62. The van der Waals surface area contributed by atoms with Crippen molar-refractivity contribution in [3.8, 4) is 28.6 Å². The van der Waals surface area contributed by atoms with Crippen molar-refractivity contribution < 1.29 is 14.1 Å². The summed E-state index contributed by atoms with van der Waals surface area (Å²) in [5, 5.41) is 8.12. The highest BCUT2D eigenvalue weighted by Crippen LogP contribution is 2.32. The number of aromatic nitrogens is 2. The first-order valence-electron chi connectivity index (χ1n) is 10.6. The van der Waals surface area contributed by atoms with Gasteiger partial charge in [0.15, 0.2) is 0 Å². The first kappa shape index (κ1) is 21.5. The molecule has 1 aliphatic heterocycles. The molecule has 1 aromatic heterocycles. The van der Waals surface area contributed by atoms with Crippen molar-refractivity contribution in [3.05, 3.63) is 53.1 Å². The molecule has 2 aromatic carbocycles. The van der Waals surface area contributed by atoms with E-state index >= 15 is 0 Å². The number of aldehydes is 1. The van der Waals surface area contributed by atoms with Crippen LogP contribution >= 0.6 is 11.6 Å². The van der Waals surface area contributed by atoms with Crippen molar-refractivity contribution in [1.82, 2.24) is 15.5 Å². The molecule has 4 rings (SSSR count). The molecule has 2 heterocycles. The summed E-state index contributed by atoms with van der Waals surface area (Å²) in [6, 6.07) is 13.9. The normalized spacial score (nSPS) is 18.5. The molecule has 0 radical (unpaired) electrons. The molecular formula is C24H26ClN3O3. The van der Waals surface area contributed by atoms with Gasteiger partial charge < -0.3 is 19.4 Å². The van der Waals surface area contributed by atoms with Gasteiger partial charge in [-0.25, -0.2) is 0 Å². The average molecular weight is 440 g/mol. The van der Waals surface area contributed by atoms with E-state index in [1.54, 1.807) is 6.07 Å². The van der Waals surface area contributed by atoms with Crippen LogP contribution < -0.4 is 10.1 Å². The van der Waals surface area contributed by atoms with Crippen LogP contribution in [-0.2, 0) is 4.79 Å². The molecule has 3 aromatic rings. The van der Waals surface area contributed by atoms with Crippen molar-refractivity contribution in [3.63, 3.8) is 0 Å². The summed E-state index contributed by atoms with van der Waals surface area (Å²) >= 11 is 6.36. The van der Waals surface area contributed by atoms with Gasteiger partial charge in [-0.2, -0.15) is 4.98 Å². The molecule has 0 saturated carbocycles. The van der Waals surface area contributed by atoms with Gasteiger partial charge in [0, 0.05) is 23.6 Å². The van der Waals surface area contributed by atoms with Crippen LogP contribution in [0.15, 0.2) is 47.0 Å². The first-order valence-corrected chi connectivity index (χ1v) is 10.9. The molecule has 1 aliphatic rings. The Morgan fingerprint density at radius 1 is 1.23 bits per heavy atom. The van der Waals surface area contributed by atoms with Gasteiger partial charge in [0.05, 0.1) is 11.6 Å². The molecule has 162 valence electrons. The monoisotopic (exact) mass is 439 g/mol. The number of carbonyl (C=O) groups excluding carboxylic acids is 1. The number of benzene rings is 2. The molecule has 2 unspecified atom stereocenters. The second-order valence-corrected chi connectivity index (χ2v) is 8.77. The molecule has 0 aliphatic carbocycles. The van der Waals surface area contributed by atoms with Crippen molar-refractivity contribution >= 4 is 17.9 Å². The van der Waals surface area contributed by atoms with Crippen LogP contribution in [0, 0.1) is 11.8 Å². The number of nitrogens with one attached hydrogen (secondary N) is 1. The van der Waals surface area contributed by atoms with E-state index in [1.165, 1.54) is 5.56 Å². The minimum absolute atomic E-state index is 0.276. The number of ether oxygens (including phenoxy) is 1. The minimum atomic E-state index is 0.276. The quantitative estimate of drug-likeness (QED) is 0.478. The third kappa shape index (κ3) is 5.14.